The number of ether oxygens (including phenoxy) is 2. The molecular formula is C49H79O13P. The summed E-state index contributed by atoms with van der Waals surface area (Å²) in [5.41, 5.74) is 0. The topological polar surface area (TPSA) is 210 Å². The number of carbonyl (C=O) groups excluding carboxylic acids is 2. The molecule has 0 aromatic heterocycles. The lowest BCUT2D eigenvalue weighted by molar-refractivity contribution is -0.220. The Morgan fingerprint density at radius 2 is 0.857 bits per heavy atom. The second-order valence-corrected chi connectivity index (χ2v) is 16.9. The van der Waals surface area contributed by atoms with E-state index in [9.17, 15) is 44.6 Å². The van der Waals surface area contributed by atoms with Crippen LogP contribution in [0.15, 0.2) is 97.2 Å². The van der Waals surface area contributed by atoms with Crippen molar-refractivity contribution in [2.45, 2.75) is 185 Å². The summed E-state index contributed by atoms with van der Waals surface area (Å²) >= 11 is 0. The summed E-state index contributed by atoms with van der Waals surface area (Å²) < 4.78 is 33.5. The number of aliphatic hydroxyl groups is 5. The fourth-order valence-electron chi connectivity index (χ4n) is 6.27. The normalized spacial score (nSPS) is 22.6. The zero-order chi connectivity index (χ0) is 46.4. The van der Waals surface area contributed by atoms with Crippen molar-refractivity contribution in [1.82, 2.24) is 0 Å². The van der Waals surface area contributed by atoms with Gasteiger partial charge < -0.3 is 39.9 Å². The average Bonchev–Trinajstić information content (AvgIpc) is 3.26. The standard InChI is InChI=1S/C49H79O13P/c1-3-5-7-9-11-13-15-17-19-20-21-22-24-26-28-30-32-34-36-38-43(51)61-41(40-60-63(57,58)62-49-47(55)45(53)44(52)46(54)48(49)56)39-59-42(50)37-35-33-31-29-27-25-23-18-16-14-12-10-8-6-4-2/h5-8,11-14,17-19,21-23,26,28,41,44-49,52-56H,3-4,9-10,15-16,20,24-25,27,29-40H2,1-2H3,(H,57,58)/b7-5+,8-6+,13-11+,14-12+,19-17+,22-21+,23-18+,28-26+/t41-,44?,45-,46?,47?,48?,49?/m1/s1. The first-order valence-corrected chi connectivity index (χ1v) is 24.5. The van der Waals surface area contributed by atoms with Gasteiger partial charge in [-0.3, -0.25) is 18.6 Å². The van der Waals surface area contributed by atoms with Gasteiger partial charge in [-0.15, -0.1) is 0 Å². The Labute approximate surface area is 377 Å². The van der Waals surface area contributed by atoms with E-state index >= 15 is 0 Å². The quantitative estimate of drug-likeness (QED) is 0.0150. The maximum atomic E-state index is 12.8. The van der Waals surface area contributed by atoms with Gasteiger partial charge in [0.25, 0.3) is 0 Å². The van der Waals surface area contributed by atoms with Crippen LogP contribution in [0.4, 0.5) is 0 Å². The van der Waals surface area contributed by atoms with Crippen LogP contribution in [-0.2, 0) is 32.7 Å². The molecule has 0 spiro atoms. The van der Waals surface area contributed by atoms with Crippen LogP contribution in [0.5, 0.6) is 0 Å². The molecule has 6 N–H and O–H groups in total. The van der Waals surface area contributed by atoms with E-state index in [0.29, 0.717) is 12.8 Å². The van der Waals surface area contributed by atoms with Gasteiger partial charge >= 0.3 is 19.8 Å². The highest BCUT2D eigenvalue weighted by Crippen LogP contribution is 2.47. The van der Waals surface area contributed by atoms with Crippen LogP contribution in [0.1, 0.15) is 142 Å². The molecule has 1 aliphatic carbocycles. The second kappa shape index (κ2) is 38.1. The van der Waals surface area contributed by atoms with Gasteiger partial charge in [0.1, 0.15) is 43.2 Å². The van der Waals surface area contributed by atoms with Crippen LogP contribution in [0.25, 0.3) is 0 Å². The molecule has 6 unspecified atom stereocenters. The van der Waals surface area contributed by atoms with Gasteiger partial charge in [-0.25, -0.2) is 4.57 Å². The van der Waals surface area contributed by atoms with E-state index in [1.807, 2.05) is 0 Å². The summed E-state index contributed by atoms with van der Waals surface area (Å²) in [6.07, 6.45) is 37.4. The predicted octanol–water partition coefficient (Wildman–Crippen LogP) is 9.05. The first-order valence-electron chi connectivity index (χ1n) is 23.0. The van der Waals surface area contributed by atoms with E-state index in [2.05, 4.69) is 111 Å². The molecule has 1 saturated carbocycles. The Balaban J connectivity index is 2.51. The van der Waals surface area contributed by atoms with Crippen molar-refractivity contribution < 1.29 is 63.1 Å². The molecule has 63 heavy (non-hydrogen) atoms. The van der Waals surface area contributed by atoms with Crippen molar-refractivity contribution in [3.05, 3.63) is 97.2 Å². The fourth-order valence-corrected chi connectivity index (χ4v) is 7.24. The summed E-state index contributed by atoms with van der Waals surface area (Å²) in [5.74, 6) is -1.17. The first-order chi connectivity index (χ1) is 30.4. The molecule has 0 bridgehead atoms. The summed E-state index contributed by atoms with van der Waals surface area (Å²) in [7, 11) is -5.14. The van der Waals surface area contributed by atoms with Crippen molar-refractivity contribution in [1.29, 1.82) is 0 Å². The van der Waals surface area contributed by atoms with E-state index in [4.69, 9.17) is 18.5 Å². The van der Waals surface area contributed by atoms with E-state index in [1.54, 1.807) is 0 Å². The van der Waals surface area contributed by atoms with Crippen LogP contribution in [0.2, 0.25) is 0 Å². The lowest BCUT2D eigenvalue weighted by Crippen LogP contribution is -2.64. The van der Waals surface area contributed by atoms with Crippen molar-refractivity contribution in [3.8, 4) is 0 Å². The molecule has 0 saturated heterocycles. The van der Waals surface area contributed by atoms with Gasteiger partial charge in [0.15, 0.2) is 6.10 Å². The molecule has 1 aliphatic rings. The minimum atomic E-state index is -5.14. The number of rotatable bonds is 36. The van der Waals surface area contributed by atoms with E-state index in [-0.39, 0.29) is 12.8 Å². The van der Waals surface area contributed by atoms with E-state index in [0.717, 1.165) is 103 Å². The van der Waals surface area contributed by atoms with Gasteiger partial charge in [0.2, 0.25) is 0 Å². The van der Waals surface area contributed by atoms with Gasteiger partial charge in [0.05, 0.1) is 6.61 Å². The lowest BCUT2D eigenvalue weighted by Gasteiger charge is -2.41. The van der Waals surface area contributed by atoms with Gasteiger partial charge in [-0.1, -0.05) is 137 Å². The summed E-state index contributed by atoms with van der Waals surface area (Å²) in [5, 5.41) is 50.2. The molecule has 1 rings (SSSR count). The fraction of sp³-hybridized carbons (Fsp3) is 0.633. The number of hydrogen-bond acceptors (Lipinski definition) is 12. The largest absolute Gasteiger partial charge is 0.472 e. The van der Waals surface area contributed by atoms with Gasteiger partial charge in [0, 0.05) is 12.8 Å². The Bertz CT molecular complexity index is 1470. The van der Waals surface area contributed by atoms with E-state index < -0.39 is 75.7 Å². The van der Waals surface area contributed by atoms with E-state index in [1.165, 1.54) is 0 Å². The third-order valence-corrected chi connectivity index (χ3v) is 10.9. The maximum Gasteiger partial charge on any atom is 0.472 e. The Morgan fingerprint density at radius 1 is 0.492 bits per heavy atom. The number of esters is 2. The lowest BCUT2D eigenvalue weighted by atomic mass is 9.85. The predicted molar refractivity (Wildman–Crippen MR) is 248 cm³/mol. The number of carbonyl (C=O) groups is 2. The minimum absolute atomic E-state index is 0.0474. The van der Waals surface area contributed by atoms with Crippen molar-refractivity contribution >= 4 is 19.8 Å². The highest BCUT2D eigenvalue weighted by atomic mass is 31.2. The molecule has 8 atom stereocenters. The molecule has 0 radical (unpaired) electrons. The number of allylic oxidation sites excluding steroid dienone is 16. The number of phosphoric ester groups is 1. The molecule has 358 valence electrons. The third-order valence-electron chi connectivity index (χ3n) is 9.92. The number of hydrogen-bond donors (Lipinski definition) is 6. The molecule has 14 heteroatoms. The van der Waals surface area contributed by atoms with Crippen molar-refractivity contribution in [3.63, 3.8) is 0 Å². The number of unbranched alkanes of at least 4 members (excludes halogenated alkanes) is 8. The zero-order valence-electron chi connectivity index (χ0n) is 37.8. The molecule has 0 aliphatic heterocycles. The monoisotopic (exact) mass is 907 g/mol. The third kappa shape index (κ3) is 30.5. The van der Waals surface area contributed by atoms with Gasteiger partial charge in [-0.05, 0) is 89.9 Å². The van der Waals surface area contributed by atoms with Gasteiger partial charge in [-0.2, -0.15) is 0 Å². The van der Waals surface area contributed by atoms with Crippen LogP contribution < -0.4 is 0 Å². The van der Waals surface area contributed by atoms with Crippen molar-refractivity contribution in [2.75, 3.05) is 13.2 Å². The highest BCUT2D eigenvalue weighted by molar-refractivity contribution is 7.47. The summed E-state index contributed by atoms with van der Waals surface area (Å²) in [4.78, 5) is 35.7. The summed E-state index contributed by atoms with van der Waals surface area (Å²) in [6, 6.07) is 0. The highest BCUT2D eigenvalue weighted by Gasteiger charge is 2.51. The Kier molecular flexibility index (Phi) is 34.9. The first kappa shape index (κ1) is 57.8. The molecule has 0 aromatic rings. The molecular weight excluding hydrogens is 828 g/mol. The minimum Gasteiger partial charge on any atom is -0.462 e. The average molecular weight is 907 g/mol. The van der Waals surface area contributed by atoms with Crippen LogP contribution >= 0.6 is 7.82 Å². The molecule has 1 fully saturated rings. The molecule has 0 heterocycles. The maximum absolute atomic E-state index is 12.8. The second-order valence-electron chi connectivity index (χ2n) is 15.5. The number of aliphatic hydroxyl groups excluding tert-OH is 5. The molecule has 0 amide bonds. The van der Waals surface area contributed by atoms with Crippen molar-refractivity contribution in [2.24, 2.45) is 0 Å². The zero-order valence-corrected chi connectivity index (χ0v) is 38.7. The van der Waals surface area contributed by atoms with Crippen LogP contribution in [0.3, 0.4) is 0 Å². The molecule has 13 nitrogen and oxygen atoms in total. The smallest absolute Gasteiger partial charge is 0.462 e. The van der Waals surface area contributed by atoms with Crippen LogP contribution in [-0.4, -0.2) is 98.3 Å². The SMILES string of the molecule is CC/C=C/C/C=C/C/C=C/C/C=C/C/C=C/CCCCCC(=O)O[C@H](COC(=O)CCCCCCC/C=C/C/C=C/C/C=C/CC)COP(=O)(O)OC1C(O)C(O)C(O)[C@@H](O)C1O. The van der Waals surface area contributed by atoms with Crippen LogP contribution in [0, 0.1) is 0 Å². The Hall–Kier alpha value is -3.23. The Morgan fingerprint density at radius 3 is 1.32 bits per heavy atom. The summed E-state index contributed by atoms with van der Waals surface area (Å²) in [6.45, 7) is 3.01. The molecule has 0 aromatic carbocycles. The number of phosphoric acid groups is 1.